The largest absolute Gasteiger partial charge is 0.497 e. The van der Waals surface area contributed by atoms with Gasteiger partial charge in [-0.05, 0) is 43.7 Å². The van der Waals surface area contributed by atoms with E-state index in [4.69, 9.17) is 9.26 Å². The highest BCUT2D eigenvalue weighted by molar-refractivity contribution is 7.98. The van der Waals surface area contributed by atoms with E-state index in [1.165, 1.54) is 11.8 Å². The first kappa shape index (κ1) is 18.2. The van der Waals surface area contributed by atoms with Crippen molar-refractivity contribution in [1.29, 1.82) is 0 Å². The monoisotopic (exact) mass is 393 g/mol. The summed E-state index contributed by atoms with van der Waals surface area (Å²) in [5.74, 6) is 3.26. The highest BCUT2D eigenvalue weighted by Crippen LogP contribution is 2.27. The van der Waals surface area contributed by atoms with E-state index in [-0.39, 0.29) is 0 Å². The van der Waals surface area contributed by atoms with Gasteiger partial charge in [-0.25, -0.2) is 0 Å². The predicted molar refractivity (Wildman–Crippen MR) is 107 cm³/mol. The van der Waals surface area contributed by atoms with Gasteiger partial charge in [0.1, 0.15) is 11.6 Å². The van der Waals surface area contributed by atoms with Crippen LogP contribution in [0, 0.1) is 13.8 Å². The van der Waals surface area contributed by atoms with E-state index in [0.717, 1.165) is 33.5 Å². The maximum absolute atomic E-state index is 5.42. The van der Waals surface area contributed by atoms with Crippen LogP contribution >= 0.6 is 11.8 Å². The number of hydrogen-bond donors (Lipinski definition) is 0. The van der Waals surface area contributed by atoms with Crippen molar-refractivity contribution in [2.75, 3.05) is 7.11 Å². The van der Waals surface area contributed by atoms with Crippen molar-refractivity contribution in [2.45, 2.75) is 24.8 Å². The van der Waals surface area contributed by atoms with Gasteiger partial charge in [0, 0.05) is 11.3 Å². The van der Waals surface area contributed by atoms with Crippen molar-refractivity contribution in [3.8, 4) is 22.8 Å². The molecule has 7 nitrogen and oxygen atoms in total. The summed E-state index contributed by atoms with van der Waals surface area (Å²) >= 11 is 1.50. The van der Waals surface area contributed by atoms with Crippen LogP contribution in [0.1, 0.15) is 17.3 Å². The first-order valence-corrected chi connectivity index (χ1v) is 9.72. The summed E-state index contributed by atoms with van der Waals surface area (Å²) in [4.78, 5) is 4.52. The van der Waals surface area contributed by atoms with Crippen molar-refractivity contribution in [2.24, 2.45) is 0 Å². The number of thioether (sulfide) groups is 1. The van der Waals surface area contributed by atoms with Crippen molar-refractivity contribution < 1.29 is 9.26 Å². The van der Waals surface area contributed by atoms with E-state index >= 15 is 0 Å². The molecule has 4 aromatic rings. The Morgan fingerprint density at radius 3 is 2.57 bits per heavy atom. The first-order valence-electron chi connectivity index (χ1n) is 8.73. The molecule has 0 unspecified atom stereocenters. The normalized spacial score (nSPS) is 11.0. The fourth-order valence-electron chi connectivity index (χ4n) is 2.84. The third-order valence-corrected chi connectivity index (χ3v) is 5.22. The lowest BCUT2D eigenvalue weighted by Gasteiger charge is -2.08. The van der Waals surface area contributed by atoms with Gasteiger partial charge in [-0.15, -0.1) is 10.2 Å². The fourth-order valence-corrected chi connectivity index (χ4v) is 3.67. The number of ether oxygens (including phenoxy) is 1. The summed E-state index contributed by atoms with van der Waals surface area (Å²) in [6.45, 7) is 3.95. The van der Waals surface area contributed by atoms with Gasteiger partial charge in [0.05, 0.1) is 12.9 Å². The molecule has 0 N–H and O–H groups in total. The number of hydrogen-bond acceptors (Lipinski definition) is 7. The van der Waals surface area contributed by atoms with E-state index in [9.17, 15) is 0 Å². The fraction of sp³-hybridized carbons (Fsp3) is 0.200. The lowest BCUT2D eigenvalue weighted by molar-refractivity contribution is 0.391. The van der Waals surface area contributed by atoms with Gasteiger partial charge < -0.3 is 9.26 Å². The Labute approximate surface area is 166 Å². The minimum Gasteiger partial charge on any atom is -0.497 e. The third kappa shape index (κ3) is 3.63. The van der Waals surface area contributed by atoms with E-state index in [2.05, 4.69) is 20.3 Å². The summed E-state index contributed by atoms with van der Waals surface area (Å²) < 4.78 is 12.6. The molecule has 8 heteroatoms. The molecule has 0 amide bonds. The van der Waals surface area contributed by atoms with Crippen LogP contribution < -0.4 is 4.74 Å². The Morgan fingerprint density at radius 2 is 1.82 bits per heavy atom. The van der Waals surface area contributed by atoms with E-state index in [1.807, 2.05) is 66.9 Å². The smallest absolute Gasteiger partial charge is 0.237 e. The second-order valence-corrected chi connectivity index (χ2v) is 7.12. The highest BCUT2D eigenvalue weighted by atomic mass is 32.2. The molecule has 0 saturated heterocycles. The topological polar surface area (TPSA) is 78.9 Å². The van der Waals surface area contributed by atoms with Crippen molar-refractivity contribution in [3.05, 3.63) is 65.8 Å². The first-order chi connectivity index (χ1) is 13.7. The molecule has 2 aromatic carbocycles. The van der Waals surface area contributed by atoms with Gasteiger partial charge in [0.2, 0.25) is 11.7 Å². The molecule has 0 radical (unpaired) electrons. The quantitative estimate of drug-likeness (QED) is 0.453. The molecule has 28 heavy (non-hydrogen) atoms. The molecular formula is C20H19N5O2S. The Hall–Kier alpha value is -3.13. The summed E-state index contributed by atoms with van der Waals surface area (Å²) in [5.41, 5.74) is 3.05. The van der Waals surface area contributed by atoms with Crippen LogP contribution in [0.5, 0.6) is 5.75 Å². The van der Waals surface area contributed by atoms with Crippen LogP contribution in [-0.2, 0) is 5.75 Å². The van der Waals surface area contributed by atoms with E-state index in [1.54, 1.807) is 7.11 Å². The molecule has 0 saturated carbocycles. The van der Waals surface area contributed by atoms with Gasteiger partial charge in [0.25, 0.3) is 0 Å². The molecule has 0 fully saturated rings. The van der Waals surface area contributed by atoms with Gasteiger partial charge in [0.15, 0.2) is 5.16 Å². The highest BCUT2D eigenvalue weighted by Gasteiger charge is 2.15. The lowest BCUT2D eigenvalue weighted by atomic mass is 10.1. The number of methoxy groups -OCH3 is 1. The van der Waals surface area contributed by atoms with Crippen LogP contribution in [0.2, 0.25) is 0 Å². The molecule has 0 bridgehead atoms. The zero-order chi connectivity index (χ0) is 19.5. The predicted octanol–water partition coefficient (Wildman–Crippen LogP) is 4.24. The lowest BCUT2D eigenvalue weighted by Crippen LogP contribution is -1.99. The average molecular weight is 393 g/mol. The van der Waals surface area contributed by atoms with Crippen LogP contribution in [0.4, 0.5) is 0 Å². The maximum atomic E-state index is 5.42. The summed E-state index contributed by atoms with van der Waals surface area (Å²) in [7, 11) is 1.65. The Kier molecular flexibility index (Phi) is 5.12. The Bertz CT molecular complexity index is 1090. The molecule has 0 spiro atoms. The SMILES string of the molecule is COc1ccc(-n2c(C)nnc2SCc2nc(-c3ccccc3C)no2)cc1. The second-order valence-electron chi connectivity index (χ2n) is 6.18. The summed E-state index contributed by atoms with van der Waals surface area (Å²) in [6, 6.07) is 15.7. The molecule has 0 aliphatic rings. The van der Waals surface area contributed by atoms with Gasteiger partial charge >= 0.3 is 0 Å². The molecule has 2 aromatic heterocycles. The Balaban J connectivity index is 1.53. The van der Waals surface area contributed by atoms with Crippen LogP contribution in [-0.4, -0.2) is 32.0 Å². The van der Waals surface area contributed by atoms with Gasteiger partial charge in [-0.1, -0.05) is 41.2 Å². The maximum Gasteiger partial charge on any atom is 0.237 e. The van der Waals surface area contributed by atoms with Gasteiger partial charge in [-0.3, -0.25) is 4.57 Å². The van der Waals surface area contributed by atoms with Crippen LogP contribution in [0.15, 0.2) is 58.2 Å². The number of benzene rings is 2. The number of rotatable bonds is 6. The number of aromatic nitrogens is 5. The standard InChI is InChI=1S/C20H19N5O2S/c1-13-6-4-5-7-17(13)19-21-18(27-24-19)12-28-20-23-22-14(2)25(20)15-8-10-16(26-3)11-9-15/h4-11H,12H2,1-3H3. The molecule has 4 rings (SSSR count). The Morgan fingerprint density at radius 1 is 1.04 bits per heavy atom. The molecule has 0 atom stereocenters. The van der Waals surface area contributed by atoms with Crippen molar-refractivity contribution >= 4 is 11.8 Å². The minimum absolute atomic E-state index is 0.507. The molecule has 2 heterocycles. The molecule has 0 aliphatic carbocycles. The zero-order valence-corrected chi connectivity index (χ0v) is 16.6. The van der Waals surface area contributed by atoms with E-state index < -0.39 is 0 Å². The van der Waals surface area contributed by atoms with Gasteiger partial charge in [-0.2, -0.15) is 4.98 Å². The zero-order valence-electron chi connectivity index (χ0n) is 15.8. The van der Waals surface area contributed by atoms with Crippen LogP contribution in [0.3, 0.4) is 0 Å². The molecular weight excluding hydrogens is 374 g/mol. The number of aryl methyl sites for hydroxylation is 2. The summed E-state index contributed by atoms with van der Waals surface area (Å²) in [5, 5.41) is 13.4. The minimum atomic E-state index is 0.507. The molecule has 0 aliphatic heterocycles. The average Bonchev–Trinajstić information content (AvgIpc) is 3.33. The summed E-state index contributed by atoms with van der Waals surface area (Å²) in [6.07, 6.45) is 0. The van der Waals surface area contributed by atoms with E-state index in [0.29, 0.717) is 17.5 Å². The van der Waals surface area contributed by atoms with Crippen LogP contribution in [0.25, 0.3) is 17.1 Å². The second kappa shape index (κ2) is 7.85. The molecule has 142 valence electrons. The third-order valence-electron chi connectivity index (χ3n) is 4.30. The van der Waals surface area contributed by atoms with Crippen molar-refractivity contribution in [3.63, 3.8) is 0 Å². The van der Waals surface area contributed by atoms with Crippen molar-refractivity contribution in [1.82, 2.24) is 24.9 Å². The number of nitrogens with zero attached hydrogens (tertiary/aromatic N) is 5.